The highest BCUT2D eigenvalue weighted by atomic mass is 19.4. The van der Waals surface area contributed by atoms with E-state index in [1.165, 1.54) is 6.07 Å². The van der Waals surface area contributed by atoms with Crippen molar-refractivity contribution in [2.75, 3.05) is 23.8 Å². The average Bonchev–Trinajstić information content (AvgIpc) is 3.65. The van der Waals surface area contributed by atoms with E-state index in [2.05, 4.69) is 20.5 Å². The zero-order valence-corrected chi connectivity index (χ0v) is 18.0. The molecule has 0 saturated heterocycles. The highest BCUT2D eigenvalue weighted by Crippen LogP contribution is 2.41. The van der Waals surface area contributed by atoms with Crippen LogP contribution in [0.4, 0.5) is 30.5 Å². The van der Waals surface area contributed by atoms with Crippen LogP contribution < -0.4 is 15.5 Å². The number of nitrogens with zero attached hydrogens (tertiary/aromatic N) is 3. The number of rotatable bonds is 8. The molecule has 0 atom stereocenters. The highest BCUT2D eigenvalue weighted by Gasteiger charge is 2.42. The average molecular weight is 455 g/mol. The van der Waals surface area contributed by atoms with E-state index < -0.39 is 29.0 Å². The number of alkyl halides is 3. The van der Waals surface area contributed by atoms with Gasteiger partial charge in [-0.15, -0.1) is 0 Å². The number of hydrogen-bond acceptors (Lipinski definition) is 6. The second-order valence-electron chi connectivity index (χ2n) is 9.12. The molecule has 0 bridgehead atoms. The van der Waals surface area contributed by atoms with Gasteiger partial charge in [0, 0.05) is 31.7 Å². The minimum absolute atomic E-state index is 0.0335. The minimum atomic E-state index is -4.22. The largest absolute Gasteiger partial charge is 0.391 e. The van der Waals surface area contributed by atoms with Gasteiger partial charge in [0.25, 0.3) is 5.91 Å². The van der Waals surface area contributed by atoms with Crippen LogP contribution in [0, 0.1) is 22.0 Å². The van der Waals surface area contributed by atoms with Crippen molar-refractivity contribution >= 4 is 23.2 Å². The first kappa shape index (κ1) is 22.6. The third-order valence-electron chi connectivity index (χ3n) is 6.60. The molecule has 0 aromatic carbocycles. The minimum Gasteiger partial charge on any atom is -0.367 e. The van der Waals surface area contributed by atoms with Gasteiger partial charge in [-0.25, -0.2) is 4.98 Å². The molecule has 11 heteroatoms. The second kappa shape index (κ2) is 8.74. The first-order chi connectivity index (χ1) is 15.2. The first-order valence-corrected chi connectivity index (χ1v) is 11.2. The zero-order valence-electron chi connectivity index (χ0n) is 18.0. The van der Waals surface area contributed by atoms with E-state index in [-0.39, 0.29) is 48.8 Å². The molecule has 0 spiro atoms. The Morgan fingerprint density at radius 1 is 1.19 bits per heavy atom. The number of pyridine rings is 1. The molecule has 3 fully saturated rings. The summed E-state index contributed by atoms with van der Waals surface area (Å²) >= 11 is 0. The Hall–Kier alpha value is -2.59. The van der Waals surface area contributed by atoms with Crippen LogP contribution in [0.5, 0.6) is 0 Å². The summed E-state index contributed by atoms with van der Waals surface area (Å²) in [5.74, 6) is -0.827. The van der Waals surface area contributed by atoms with Crippen LogP contribution >= 0.6 is 0 Å². The molecule has 176 valence electrons. The molecule has 0 radical (unpaired) electrons. The van der Waals surface area contributed by atoms with Crippen molar-refractivity contribution in [2.45, 2.75) is 69.6 Å². The summed E-state index contributed by atoms with van der Waals surface area (Å²) in [7, 11) is 1.54. The molecule has 3 saturated carbocycles. The number of carbonyl (C=O) groups excluding carboxylic acids is 1. The van der Waals surface area contributed by atoms with Crippen LogP contribution in [0.2, 0.25) is 0 Å². The normalized spacial score (nSPS) is 23.5. The summed E-state index contributed by atoms with van der Waals surface area (Å²) in [6.45, 7) is 0.746. The summed E-state index contributed by atoms with van der Waals surface area (Å²) in [5, 5.41) is 17.1. The molecule has 0 aliphatic heterocycles. The topological polar surface area (TPSA) is 100 Å². The van der Waals surface area contributed by atoms with E-state index in [4.69, 9.17) is 0 Å². The van der Waals surface area contributed by atoms with Crippen molar-refractivity contribution in [3.05, 3.63) is 21.7 Å². The molecular formula is C21H28F3N5O3. The van der Waals surface area contributed by atoms with Gasteiger partial charge in [0.1, 0.15) is 5.82 Å². The van der Waals surface area contributed by atoms with Crippen molar-refractivity contribution in [2.24, 2.45) is 11.8 Å². The Morgan fingerprint density at radius 2 is 1.84 bits per heavy atom. The summed E-state index contributed by atoms with van der Waals surface area (Å²) in [6, 6.07) is 1.10. The molecular weight excluding hydrogens is 427 g/mol. The molecule has 0 unspecified atom stereocenters. The number of nitro groups is 1. The molecule has 1 aromatic heterocycles. The fraction of sp³-hybridized carbons (Fsp3) is 0.714. The lowest BCUT2D eigenvalue weighted by Crippen LogP contribution is -2.41. The number of nitrogens with one attached hydrogen (secondary N) is 2. The lowest BCUT2D eigenvalue weighted by molar-refractivity contribution is -0.384. The Bertz CT molecular complexity index is 878. The van der Waals surface area contributed by atoms with Crippen molar-refractivity contribution < 1.29 is 22.9 Å². The smallest absolute Gasteiger partial charge is 0.367 e. The number of carbonyl (C=O) groups is 1. The number of hydrogen-bond donors (Lipinski definition) is 2. The lowest BCUT2D eigenvalue weighted by Gasteiger charge is -2.31. The molecule has 8 nitrogen and oxygen atoms in total. The number of anilines is 2. The van der Waals surface area contributed by atoms with Gasteiger partial charge in [0.05, 0.1) is 16.4 Å². The molecule has 3 aliphatic carbocycles. The lowest BCUT2D eigenvalue weighted by atomic mass is 9.85. The molecule has 32 heavy (non-hydrogen) atoms. The fourth-order valence-corrected chi connectivity index (χ4v) is 4.40. The van der Waals surface area contributed by atoms with Crippen LogP contribution in [0.1, 0.15) is 61.7 Å². The van der Waals surface area contributed by atoms with Gasteiger partial charge in [-0.3, -0.25) is 14.9 Å². The van der Waals surface area contributed by atoms with Crippen LogP contribution in [-0.2, 0) is 0 Å². The van der Waals surface area contributed by atoms with E-state index >= 15 is 0 Å². The van der Waals surface area contributed by atoms with E-state index in [0.717, 1.165) is 32.2 Å². The Labute approximate surface area is 184 Å². The quantitative estimate of drug-likeness (QED) is 0.449. The standard InChI is InChI=1S/C21H28F3N5O3/c1-25-18-17(29(31)32)10-16(19(27-18)28(15-8-9-15)11-12-2-3-12)20(30)26-14-6-4-13(5-7-14)21(22,23)24/h10,12-15H,2-9,11H2,1H3,(H,25,27)(H,26,30). The maximum Gasteiger partial charge on any atom is 0.391 e. The molecule has 4 rings (SSSR count). The monoisotopic (exact) mass is 455 g/mol. The molecule has 1 aromatic rings. The van der Waals surface area contributed by atoms with Gasteiger partial charge in [-0.1, -0.05) is 0 Å². The Kier molecular flexibility index (Phi) is 6.17. The number of amides is 1. The predicted octanol–water partition coefficient (Wildman–Crippen LogP) is 4.26. The highest BCUT2D eigenvalue weighted by molar-refractivity contribution is 6.00. The Morgan fingerprint density at radius 3 is 2.34 bits per heavy atom. The van der Waals surface area contributed by atoms with E-state index in [0.29, 0.717) is 11.7 Å². The number of aromatic nitrogens is 1. The molecule has 2 N–H and O–H groups in total. The van der Waals surface area contributed by atoms with Crippen molar-refractivity contribution in [3.8, 4) is 0 Å². The summed E-state index contributed by atoms with van der Waals surface area (Å²) in [6.07, 6.45) is 0.336. The van der Waals surface area contributed by atoms with Crippen molar-refractivity contribution in [1.29, 1.82) is 0 Å². The van der Waals surface area contributed by atoms with Crippen LogP contribution in [0.15, 0.2) is 6.07 Å². The van der Waals surface area contributed by atoms with E-state index in [9.17, 15) is 28.1 Å². The van der Waals surface area contributed by atoms with Crippen LogP contribution in [-0.4, -0.2) is 47.7 Å². The second-order valence-corrected chi connectivity index (χ2v) is 9.12. The predicted molar refractivity (Wildman–Crippen MR) is 113 cm³/mol. The molecule has 1 amide bonds. The van der Waals surface area contributed by atoms with Gasteiger partial charge >= 0.3 is 11.9 Å². The van der Waals surface area contributed by atoms with E-state index in [1.807, 2.05) is 0 Å². The van der Waals surface area contributed by atoms with Gasteiger partial charge in [0.2, 0.25) is 5.82 Å². The van der Waals surface area contributed by atoms with Crippen LogP contribution in [0.25, 0.3) is 0 Å². The van der Waals surface area contributed by atoms with Crippen molar-refractivity contribution in [1.82, 2.24) is 10.3 Å². The summed E-state index contributed by atoms with van der Waals surface area (Å²) in [5.41, 5.74) is -0.189. The Balaban J connectivity index is 1.58. The molecule has 3 aliphatic rings. The SMILES string of the molecule is CNc1nc(N(CC2CC2)C2CC2)c(C(=O)NC2CCC(C(F)(F)F)CC2)cc1[N+](=O)[O-]. The van der Waals surface area contributed by atoms with Crippen LogP contribution in [0.3, 0.4) is 0 Å². The summed E-state index contributed by atoms with van der Waals surface area (Å²) < 4.78 is 38.8. The maximum absolute atomic E-state index is 13.2. The van der Waals surface area contributed by atoms with Crippen molar-refractivity contribution in [3.63, 3.8) is 0 Å². The molecule has 1 heterocycles. The van der Waals surface area contributed by atoms with Gasteiger partial charge < -0.3 is 15.5 Å². The van der Waals surface area contributed by atoms with E-state index in [1.54, 1.807) is 7.05 Å². The van der Waals surface area contributed by atoms with Gasteiger partial charge in [0.15, 0.2) is 0 Å². The maximum atomic E-state index is 13.2. The zero-order chi connectivity index (χ0) is 23.0. The third-order valence-corrected chi connectivity index (χ3v) is 6.60. The van der Waals surface area contributed by atoms with Gasteiger partial charge in [-0.2, -0.15) is 13.2 Å². The number of halogens is 3. The third kappa shape index (κ3) is 5.07. The first-order valence-electron chi connectivity index (χ1n) is 11.2. The summed E-state index contributed by atoms with van der Waals surface area (Å²) in [4.78, 5) is 30.7. The fourth-order valence-electron chi connectivity index (χ4n) is 4.40. The van der Waals surface area contributed by atoms with Gasteiger partial charge in [-0.05, 0) is 57.3 Å².